The van der Waals surface area contributed by atoms with Gasteiger partial charge in [-0.3, -0.25) is 0 Å². The Morgan fingerprint density at radius 1 is 1.05 bits per heavy atom. The van der Waals surface area contributed by atoms with Crippen LogP contribution in [-0.4, -0.2) is 15.1 Å². The Morgan fingerprint density at radius 2 is 1.84 bits per heavy atom. The summed E-state index contributed by atoms with van der Waals surface area (Å²) < 4.78 is 13.2. The number of phenols is 1. The van der Waals surface area contributed by atoms with E-state index in [9.17, 15) is 9.50 Å². The molecule has 4 nitrogen and oxygen atoms in total. The van der Waals surface area contributed by atoms with E-state index in [1.807, 2.05) is 0 Å². The van der Waals surface area contributed by atoms with Crippen LogP contribution in [-0.2, 0) is 0 Å². The summed E-state index contributed by atoms with van der Waals surface area (Å²) in [6.07, 6.45) is 0. The highest BCUT2D eigenvalue weighted by molar-refractivity contribution is 5.89. The molecule has 0 spiro atoms. The third kappa shape index (κ3) is 1.95. The van der Waals surface area contributed by atoms with Gasteiger partial charge in [-0.05, 0) is 30.3 Å². The van der Waals surface area contributed by atoms with Crippen molar-refractivity contribution >= 4 is 16.7 Å². The summed E-state index contributed by atoms with van der Waals surface area (Å²) in [5.74, 6) is 0.180. The lowest BCUT2D eigenvalue weighted by Gasteiger charge is -2.06. The van der Waals surface area contributed by atoms with Crippen LogP contribution >= 0.6 is 0 Å². The molecule has 0 saturated heterocycles. The average Bonchev–Trinajstić information content (AvgIpc) is 2.40. The largest absolute Gasteiger partial charge is 0.507 e. The maximum Gasteiger partial charge on any atom is 0.165 e. The topological polar surface area (TPSA) is 72.0 Å². The number of anilines is 1. The number of nitrogens with zero attached hydrogens (tertiary/aromatic N) is 2. The number of aromatic nitrogens is 2. The van der Waals surface area contributed by atoms with Crippen LogP contribution in [0.1, 0.15) is 0 Å². The second-order valence-corrected chi connectivity index (χ2v) is 4.11. The van der Waals surface area contributed by atoms with Crippen molar-refractivity contribution in [3.63, 3.8) is 0 Å². The van der Waals surface area contributed by atoms with Crippen molar-refractivity contribution in [2.24, 2.45) is 0 Å². The molecule has 3 N–H and O–H groups in total. The molecular weight excluding hydrogens is 245 g/mol. The van der Waals surface area contributed by atoms with Crippen molar-refractivity contribution in [3.8, 4) is 17.1 Å². The number of fused-ring (bicyclic) bond motifs is 1. The fraction of sp³-hybridized carbons (Fsp3) is 0. The molecule has 0 unspecified atom stereocenters. The van der Waals surface area contributed by atoms with E-state index >= 15 is 0 Å². The number of rotatable bonds is 1. The number of nitrogens with two attached hydrogens (primary N) is 1. The molecule has 2 aromatic carbocycles. The van der Waals surface area contributed by atoms with Gasteiger partial charge in [-0.2, -0.15) is 0 Å². The van der Waals surface area contributed by atoms with Gasteiger partial charge in [-0.25, -0.2) is 14.4 Å². The lowest BCUT2D eigenvalue weighted by Crippen LogP contribution is -1.98. The number of nitrogen functional groups attached to an aromatic ring is 1. The number of aromatic hydroxyl groups is 1. The second kappa shape index (κ2) is 4.20. The summed E-state index contributed by atoms with van der Waals surface area (Å²) in [6.45, 7) is 0. The first-order valence-corrected chi connectivity index (χ1v) is 5.66. The van der Waals surface area contributed by atoms with Crippen LogP contribution in [0.15, 0.2) is 42.5 Å². The van der Waals surface area contributed by atoms with E-state index in [0.717, 1.165) is 0 Å². The Bertz CT molecular complexity index is 774. The fourth-order valence-corrected chi connectivity index (χ4v) is 1.91. The van der Waals surface area contributed by atoms with Crippen LogP contribution in [0.25, 0.3) is 22.3 Å². The summed E-state index contributed by atoms with van der Waals surface area (Å²) in [5.41, 5.74) is 6.83. The normalized spacial score (nSPS) is 10.8. The molecule has 5 heteroatoms. The third-order valence-corrected chi connectivity index (χ3v) is 2.83. The molecule has 0 aliphatic rings. The zero-order valence-electron chi connectivity index (χ0n) is 9.84. The average molecular weight is 255 g/mol. The molecule has 0 saturated carbocycles. The molecule has 3 aromatic rings. The van der Waals surface area contributed by atoms with Gasteiger partial charge in [-0.15, -0.1) is 0 Å². The first kappa shape index (κ1) is 11.4. The maximum atomic E-state index is 13.2. The number of phenolic OH excluding ortho intramolecular Hbond substituents is 1. The molecule has 0 amide bonds. The first-order chi connectivity index (χ1) is 9.15. The molecule has 3 rings (SSSR count). The van der Waals surface area contributed by atoms with Gasteiger partial charge < -0.3 is 10.8 Å². The van der Waals surface area contributed by atoms with Gasteiger partial charge in [0, 0.05) is 5.39 Å². The lowest BCUT2D eigenvalue weighted by atomic mass is 10.1. The molecule has 1 heterocycles. The molecule has 0 fully saturated rings. The standard InChI is InChI=1S/C14H10FN3O/c15-8-5-6-11-10(7-8)13(16)18-14(17-11)9-3-1-2-4-12(9)19/h1-7,19H,(H2,16,17,18). The highest BCUT2D eigenvalue weighted by Crippen LogP contribution is 2.29. The van der Waals surface area contributed by atoms with E-state index in [1.165, 1.54) is 18.2 Å². The molecule has 1 aromatic heterocycles. The van der Waals surface area contributed by atoms with E-state index in [2.05, 4.69) is 9.97 Å². The van der Waals surface area contributed by atoms with Crippen LogP contribution in [0.4, 0.5) is 10.2 Å². The van der Waals surface area contributed by atoms with Gasteiger partial charge in [0.15, 0.2) is 5.82 Å². The summed E-state index contributed by atoms with van der Waals surface area (Å²) in [6, 6.07) is 10.8. The fourth-order valence-electron chi connectivity index (χ4n) is 1.91. The molecule has 0 aliphatic heterocycles. The molecule has 0 radical (unpaired) electrons. The predicted octanol–water partition coefficient (Wildman–Crippen LogP) is 2.72. The second-order valence-electron chi connectivity index (χ2n) is 4.11. The smallest absolute Gasteiger partial charge is 0.165 e. The Kier molecular flexibility index (Phi) is 2.52. The number of para-hydroxylation sites is 1. The molecule has 0 atom stereocenters. The predicted molar refractivity (Wildman–Crippen MR) is 71.0 cm³/mol. The quantitative estimate of drug-likeness (QED) is 0.701. The van der Waals surface area contributed by atoms with Gasteiger partial charge in [0.1, 0.15) is 17.4 Å². The van der Waals surface area contributed by atoms with Crippen molar-refractivity contribution in [2.75, 3.05) is 5.73 Å². The van der Waals surface area contributed by atoms with Gasteiger partial charge in [-0.1, -0.05) is 12.1 Å². The summed E-state index contributed by atoms with van der Waals surface area (Å²) in [7, 11) is 0. The minimum Gasteiger partial charge on any atom is -0.507 e. The molecule has 0 aliphatic carbocycles. The number of hydrogen-bond acceptors (Lipinski definition) is 4. The van der Waals surface area contributed by atoms with Gasteiger partial charge in [0.25, 0.3) is 0 Å². The zero-order valence-corrected chi connectivity index (χ0v) is 9.84. The van der Waals surface area contributed by atoms with Crippen molar-refractivity contribution < 1.29 is 9.50 Å². The minimum atomic E-state index is -0.391. The van der Waals surface area contributed by atoms with E-state index in [0.29, 0.717) is 22.3 Å². The number of benzene rings is 2. The highest BCUT2D eigenvalue weighted by Gasteiger charge is 2.10. The third-order valence-electron chi connectivity index (χ3n) is 2.83. The highest BCUT2D eigenvalue weighted by atomic mass is 19.1. The lowest BCUT2D eigenvalue weighted by molar-refractivity contribution is 0.477. The first-order valence-electron chi connectivity index (χ1n) is 5.66. The number of hydrogen-bond donors (Lipinski definition) is 2. The summed E-state index contributed by atoms with van der Waals surface area (Å²) in [4.78, 5) is 8.40. The molecule has 94 valence electrons. The Labute approximate surface area is 108 Å². The van der Waals surface area contributed by atoms with Crippen molar-refractivity contribution in [1.29, 1.82) is 0 Å². The van der Waals surface area contributed by atoms with E-state index < -0.39 is 5.82 Å². The van der Waals surface area contributed by atoms with Gasteiger partial charge in [0.05, 0.1) is 11.1 Å². The van der Waals surface area contributed by atoms with Crippen molar-refractivity contribution in [1.82, 2.24) is 9.97 Å². The van der Waals surface area contributed by atoms with Crippen molar-refractivity contribution in [2.45, 2.75) is 0 Å². The van der Waals surface area contributed by atoms with Crippen LogP contribution in [0, 0.1) is 5.82 Å². The summed E-state index contributed by atoms with van der Waals surface area (Å²) in [5, 5.41) is 10.2. The van der Waals surface area contributed by atoms with Crippen LogP contribution < -0.4 is 5.73 Å². The number of halogens is 1. The molecule has 19 heavy (non-hydrogen) atoms. The van der Waals surface area contributed by atoms with Crippen LogP contribution in [0.3, 0.4) is 0 Å². The van der Waals surface area contributed by atoms with Gasteiger partial charge in [0.2, 0.25) is 0 Å². The Balaban J connectivity index is 2.27. The Morgan fingerprint density at radius 3 is 2.63 bits per heavy atom. The Hall–Kier alpha value is -2.69. The van der Waals surface area contributed by atoms with Gasteiger partial charge >= 0.3 is 0 Å². The zero-order chi connectivity index (χ0) is 13.4. The van der Waals surface area contributed by atoms with E-state index in [1.54, 1.807) is 24.3 Å². The maximum absolute atomic E-state index is 13.2. The monoisotopic (exact) mass is 255 g/mol. The minimum absolute atomic E-state index is 0.0726. The van der Waals surface area contributed by atoms with Crippen molar-refractivity contribution in [3.05, 3.63) is 48.3 Å². The molecular formula is C14H10FN3O. The van der Waals surface area contributed by atoms with E-state index in [4.69, 9.17) is 5.73 Å². The SMILES string of the molecule is Nc1nc(-c2ccccc2O)nc2ccc(F)cc12. The van der Waals surface area contributed by atoms with E-state index in [-0.39, 0.29) is 11.6 Å². The van der Waals surface area contributed by atoms with Crippen LogP contribution in [0.2, 0.25) is 0 Å². The summed E-state index contributed by atoms with van der Waals surface area (Å²) >= 11 is 0. The van der Waals surface area contributed by atoms with Crippen LogP contribution in [0.5, 0.6) is 5.75 Å². The molecule has 0 bridgehead atoms.